The molecule has 1 fully saturated rings. The maximum Gasteiger partial charge on any atom is 0.245 e. The number of morpholine rings is 1. The predicted octanol–water partition coefficient (Wildman–Crippen LogP) is 2.79. The lowest BCUT2D eigenvalue weighted by Crippen LogP contribution is -2.44. The van der Waals surface area contributed by atoms with E-state index in [4.69, 9.17) is 9.47 Å². The molecule has 5 nitrogen and oxygen atoms in total. The molecule has 0 aliphatic carbocycles. The molecule has 1 saturated heterocycles. The number of carbonyl (C=O) groups is 1. The zero-order valence-corrected chi connectivity index (χ0v) is 12.8. The van der Waals surface area contributed by atoms with E-state index in [-0.39, 0.29) is 5.91 Å². The average Bonchev–Trinajstić information content (AvgIpc) is 2.60. The lowest BCUT2D eigenvalue weighted by atomic mass is 10.1. The molecule has 0 aromatic heterocycles. The number of amides is 1. The summed E-state index contributed by atoms with van der Waals surface area (Å²) in [5.74, 6) is 1.47. The number of ether oxygens (including phenoxy) is 2. The molecule has 23 heavy (non-hydrogen) atoms. The van der Waals surface area contributed by atoms with Crippen LogP contribution >= 0.6 is 0 Å². The summed E-state index contributed by atoms with van der Waals surface area (Å²) in [5.41, 5.74) is 1.59. The van der Waals surface area contributed by atoms with E-state index in [1.807, 2.05) is 48.5 Å². The molecule has 0 spiro atoms. The number of anilines is 2. The van der Waals surface area contributed by atoms with Crippen LogP contribution in [0, 0.1) is 0 Å². The maximum absolute atomic E-state index is 13.0. The minimum atomic E-state index is 0.0510. The van der Waals surface area contributed by atoms with Gasteiger partial charge in [0, 0.05) is 13.1 Å². The molecule has 0 atom stereocenters. The first-order chi connectivity index (χ1) is 11.3. The molecule has 1 amide bonds. The third kappa shape index (κ3) is 2.69. The summed E-state index contributed by atoms with van der Waals surface area (Å²) in [5, 5.41) is 0. The fourth-order valence-electron chi connectivity index (χ4n) is 2.99. The summed E-state index contributed by atoms with van der Waals surface area (Å²) < 4.78 is 11.3. The minimum absolute atomic E-state index is 0.0510. The molecule has 2 aromatic carbocycles. The van der Waals surface area contributed by atoms with Gasteiger partial charge in [0.1, 0.15) is 0 Å². The van der Waals surface area contributed by atoms with Crippen molar-refractivity contribution in [1.82, 2.24) is 4.90 Å². The van der Waals surface area contributed by atoms with Crippen LogP contribution in [0.25, 0.3) is 0 Å². The Morgan fingerprint density at radius 2 is 1.48 bits per heavy atom. The third-order valence-electron chi connectivity index (χ3n) is 4.14. The van der Waals surface area contributed by atoms with Crippen LogP contribution in [-0.4, -0.2) is 43.7 Å². The van der Waals surface area contributed by atoms with Crippen molar-refractivity contribution < 1.29 is 14.3 Å². The van der Waals surface area contributed by atoms with E-state index >= 15 is 0 Å². The van der Waals surface area contributed by atoms with Gasteiger partial charge in [0.15, 0.2) is 11.5 Å². The van der Waals surface area contributed by atoms with Crippen LogP contribution in [0.1, 0.15) is 0 Å². The van der Waals surface area contributed by atoms with Crippen LogP contribution in [0.4, 0.5) is 11.4 Å². The van der Waals surface area contributed by atoms with Crippen LogP contribution in [0.3, 0.4) is 0 Å². The molecule has 0 saturated carbocycles. The molecule has 0 unspecified atom stereocenters. The highest BCUT2D eigenvalue weighted by Crippen LogP contribution is 2.46. The zero-order chi connectivity index (χ0) is 15.6. The monoisotopic (exact) mass is 310 g/mol. The Morgan fingerprint density at radius 1 is 0.913 bits per heavy atom. The normalized spacial score (nSPS) is 17.1. The second kappa shape index (κ2) is 6.02. The molecule has 2 aliphatic rings. The molecule has 2 heterocycles. The van der Waals surface area contributed by atoms with Crippen LogP contribution in [-0.2, 0) is 9.53 Å². The van der Waals surface area contributed by atoms with Gasteiger partial charge in [-0.1, -0.05) is 24.3 Å². The highest BCUT2D eigenvalue weighted by molar-refractivity contribution is 6.05. The van der Waals surface area contributed by atoms with Crippen LogP contribution in [0.15, 0.2) is 48.5 Å². The summed E-state index contributed by atoms with van der Waals surface area (Å²) in [6, 6.07) is 15.3. The number of fused-ring (bicyclic) bond motifs is 2. The van der Waals surface area contributed by atoms with Crippen molar-refractivity contribution in [2.45, 2.75) is 0 Å². The Hall–Kier alpha value is -2.37. The number of para-hydroxylation sites is 4. The van der Waals surface area contributed by atoms with Gasteiger partial charge in [-0.25, -0.2) is 0 Å². The number of rotatable bonds is 2. The zero-order valence-electron chi connectivity index (χ0n) is 12.8. The molecule has 0 radical (unpaired) electrons. The standard InChI is InChI=1S/C18H18N2O3/c21-18(13-19-9-11-22-12-10-19)20-14-5-1-3-7-16(14)23-17-8-4-2-6-15(17)20/h1-8H,9-13H2. The van der Waals surface area contributed by atoms with Crippen molar-refractivity contribution in [2.24, 2.45) is 0 Å². The average molecular weight is 310 g/mol. The fraction of sp³-hybridized carbons (Fsp3) is 0.278. The lowest BCUT2D eigenvalue weighted by molar-refractivity contribution is -0.120. The van der Waals surface area contributed by atoms with Gasteiger partial charge in [-0.15, -0.1) is 0 Å². The highest BCUT2D eigenvalue weighted by Gasteiger charge is 2.29. The van der Waals surface area contributed by atoms with E-state index in [2.05, 4.69) is 4.90 Å². The summed E-state index contributed by atoms with van der Waals surface area (Å²) in [6.07, 6.45) is 0. The number of carbonyl (C=O) groups excluding carboxylic acids is 1. The Kier molecular flexibility index (Phi) is 3.73. The van der Waals surface area contributed by atoms with Crippen molar-refractivity contribution in [3.63, 3.8) is 0 Å². The first-order valence-electron chi connectivity index (χ1n) is 7.82. The molecule has 2 aliphatic heterocycles. The Bertz CT molecular complexity index is 680. The van der Waals surface area contributed by atoms with Crippen molar-refractivity contribution >= 4 is 17.3 Å². The van der Waals surface area contributed by atoms with E-state index in [0.29, 0.717) is 31.3 Å². The molecule has 2 aromatic rings. The Balaban J connectivity index is 1.67. The van der Waals surface area contributed by atoms with Crippen LogP contribution < -0.4 is 9.64 Å². The number of hydrogen-bond donors (Lipinski definition) is 0. The van der Waals surface area contributed by atoms with E-state index in [1.54, 1.807) is 4.90 Å². The molecule has 4 rings (SSSR count). The second-order valence-electron chi connectivity index (χ2n) is 5.66. The molecule has 0 bridgehead atoms. The SMILES string of the molecule is O=C(CN1CCOCC1)N1c2ccccc2Oc2ccccc21. The van der Waals surface area contributed by atoms with Crippen molar-refractivity contribution in [3.05, 3.63) is 48.5 Å². The van der Waals surface area contributed by atoms with Crippen molar-refractivity contribution in [3.8, 4) is 11.5 Å². The molecule has 118 valence electrons. The molecular weight excluding hydrogens is 292 g/mol. The van der Waals surface area contributed by atoms with Gasteiger partial charge in [-0.05, 0) is 24.3 Å². The quantitative estimate of drug-likeness (QED) is 0.855. The summed E-state index contributed by atoms with van der Waals surface area (Å²) in [7, 11) is 0. The van der Waals surface area contributed by atoms with E-state index in [0.717, 1.165) is 24.5 Å². The van der Waals surface area contributed by atoms with Gasteiger partial charge >= 0.3 is 0 Å². The van der Waals surface area contributed by atoms with Gasteiger partial charge in [-0.3, -0.25) is 14.6 Å². The fourth-order valence-corrected chi connectivity index (χ4v) is 2.99. The molecular formula is C18H18N2O3. The van der Waals surface area contributed by atoms with Crippen molar-refractivity contribution in [2.75, 3.05) is 37.7 Å². The smallest absolute Gasteiger partial charge is 0.245 e. The van der Waals surface area contributed by atoms with E-state index in [1.165, 1.54) is 0 Å². The largest absolute Gasteiger partial charge is 0.453 e. The minimum Gasteiger partial charge on any atom is -0.453 e. The highest BCUT2D eigenvalue weighted by atomic mass is 16.5. The maximum atomic E-state index is 13.0. The number of benzene rings is 2. The van der Waals surface area contributed by atoms with Gasteiger partial charge in [0.25, 0.3) is 0 Å². The Morgan fingerprint density at radius 3 is 2.09 bits per heavy atom. The summed E-state index contributed by atoms with van der Waals surface area (Å²) >= 11 is 0. The second-order valence-corrected chi connectivity index (χ2v) is 5.66. The van der Waals surface area contributed by atoms with Crippen LogP contribution in [0.5, 0.6) is 11.5 Å². The van der Waals surface area contributed by atoms with Crippen LogP contribution in [0.2, 0.25) is 0 Å². The van der Waals surface area contributed by atoms with Gasteiger partial charge < -0.3 is 9.47 Å². The predicted molar refractivity (Wildman–Crippen MR) is 87.4 cm³/mol. The summed E-state index contributed by atoms with van der Waals surface area (Å²) in [4.78, 5) is 16.9. The van der Waals surface area contributed by atoms with Gasteiger partial charge in [-0.2, -0.15) is 0 Å². The van der Waals surface area contributed by atoms with E-state index < -0.39 is 0 Å². The van der Waals surface area contributed by atoms with Crippen molar-refractivity contribution in [1.29, 1.82) is 0 Å². The van der Waals surface area contributed by atoms with Gasteiger partial charge in [0.2, 0.25) is 5.91 Å². The molecule has 5 heteroatoms. The first-order valence-corrected chi connectivity index (χ1v) is 7.82. The first kappa shape index (κ1) is 14.2. The third-order valence-corrected chi connectivity index (χ3v) is 4.14. The number of nitrogens with zero attached hydrogens (tertiary/aromatic N) is 2. The molecule has 0 N–H and O–H groups in total. The topological polar surface area (TPSA) is 42.0 Å². The summed E-state index contributed by atoms with van der Waals surface area (Å²) in [6.45, 7) is 3.33. The lowest BCUT2D eigenvalue weighted by Gasteiger charge is -2.33. The Labute approximate surface area is 135 Å². The number of hydrogen-bond acceptors (Lipinski definition) is 4. The van der Waals surface area contributed by atoms with E-state index in [9.17, 15) is 4.79 Å². The van der Waals surface area contributed by atoms with Gasteiger partial charge in [0.05, 0.1) is 31.1 Å².